The molecule has 1 saturated carbocycles. The van der Waals surface area contributed by atoms with E-state index in [0.717, 1.165) is 38.7 Å². The van der Waals surface area contributed by atoms with E-state index in [4.69, 9.17) is 4.74 Å². The molecule has 0 aromatic carbocycles. The van der Waals surface area contributed by atoms with E-state index in [1.165, 1.54) is 69.5 Å². The molecule has 2 saturated heterocycles. The average Bonchev–Trinajstić information content (AvgIpc) is 2.78. The quantitative estimate of drug-likeness (QED) is 0.448. The highest BCUT2D eigenvalue weighted by atomic mass is 32.2. The van der Waals surface area contributed by atoms with Crippen LogP contribution in [0, 0.1) is 0 Å². The van der Waals surface area contributed by atoms with Gasteiger partial charge in [-0.1, -0.05) is 19.3 Å². The van der Waals surface area contributed by atoms with E-state index in [9.17, 15) is 0 Å². The first-order chi connectivity index (χ1) is 14.6. The number of guanidine groups is 1. The summed E-state index contributed by atoms with van der Waals surface area (Å²) in [5.74, 6) is 3.57. The summed E-state index contributed by atoms with van der Waals surface area (Å²) in [6.45, 7) is 11.9. The minimum atomic E-state index is 0.328. The Morgan fingerprint density at radius 3 is 2.43 bits per heavy atom. The molecular formula is C23H45N5OS. The van der Waals surface area contributed by atoms with Crippen LogP contribution in [0.5, 0.6) is 0 Å². The number of piperidine rings is 1. The van der Waals surface area contributed by atoms with Crippen molar-refractivity contribution in [2.45, 2.75) is 76.5 Å². The van der Waals surface area contributed by atoms with Gasteiger partial charge in [0.2, 0.25) is 0 Å². The summed E-state index contributed by atoms with van der Waals surface area (Å²) in [4.78, 5) is 9.89. The third kappa shape index (κ3) is 7.28. The molecular weight excluding hydrogens is 394 g/mol. The van der Waals surface area contributed by atoms with E-state index in [2.05, 4.69) is 51.0 Å². The van der Waals surface area contributed by atoms with Crippen LogP contribution in [0.15, 0.2) is 4.99 Å². The van der Waals surface area contributed by atoms with E-state index in [0.29, 0.717) is 17.7 Å². The van der Waals surface area contributed by atoms with Gasteiger partial charge in [0.25, 0.3) is 0 Å². The van der Waals surface area contributed by atoms with Gasteiger partial charge in [-0.05, 0) is 39.5 Å². The highest BCUT2D eigenvalue weighted by Gasteiger charge is 2.38. The van der Waals surface area contributed by atoms with E-state index >= 15 is 0 Å². The molecule has 0 unspecified atom stereocenters. The van der Waals surface area contributed by atoms with Crippen LogP contribution in [0.4, 0.5) is 0 Å². The Balaban J connectivity index is 1.44. The summed E-state index contributed by atoms with van der Waals surface area (Å²) >= 11 is 2.11. The van der Waals surface area contributed by atoms with Gasteiger partial charge >= 0.3 is 0 Å². The maximum Gasteiger partial charge on any atom is 0.191 e. The molecule has 3 fully saturated rings. The number of hydrogen-bond acceptors (Lipinski definition) is 5. The summed E-state index contributed by atoms with van der Waals surface area (Å²) in [7, 11) is 1.92. The highest BCUT2D eigenvalue weighted by molar-refractivity contribution is 7.99. The third-order valence-corrected chi connectivity index (χ3v) is 8.00. The van der Waals surface area contributed by atoms with Crippen LogP contribution in [0.1, 0.15) is 58.8 Å². The van der Waals surface area contributed by atoms with Crippen molar-refractivity contribution >= 4 is 17.7 Å². The van der Waals surface area contributed by atoms with Crippen molar-refractivity contribution in [3.05, 3.63) is 0 Å². The minimum Gasteiger partial charge on any atom is -0.377 e. The molecule has 6 nitrogen and oxygen atoms in total. The fraction of sp³-hybridized carbons (Fsp3) is 0.957. The van der Waals surface area contributed by atoms with Crippen molar-refractivity contribution in [2.75, 3.05) is 64.4 Å². The largest absolute Gasteiger partial charge is 0.377 e. The predicted molar refractivity (Wildman–Crippen MR) is 130 cm³/mol. The summed E-state index contributed by atoms with van der Waals surface area (Å²) < 4.78 is 5.71. The van der Waals surface area contributed by atoms with E-state index in [-0.39, 0.29) is 0 Å². The van der Waals surface area contributed by atoms with Crippen molar-refractivity contribution in [1.29, 1.82) is 0 Å². The van der Waals surface area contributed by atoms with Crippen LogP contribution in [-0.4, -0.2) is 97.9 Å². The van der Waals surface area contributed by atoms with Crippen LogP contribution in [0.25, 0.3) is 0 Å². The smallest absolute Gasteiger partial charge is 0.191 e. The number of likely N-dealkylation sites (tertiary alicyclic amines) is 1. The standard InChI is InChI=1S/C23H45N5OS/c1-20(2)29-16-13-27-11-7-21(8-12-27)26-22(24-3)25-19-23(9-5-4-6-10-23)28-14-17-30-18-15-28/h20-21H,4-19H2,1-3H3,(H2,24,25,26). The Bertz CT molecular complexity index is 510. The number of nitrogens with one attached hydrogen (secondary N) is 2. The first kappa shape index (κ1) is 24.1. The second kappa shape index (κ2) is 12.5. The molecule has 2 aliphatic heterocycles. The molecule has 0 spiro atoms. The lowest BCUT2D eigenvalue weighted by Gasteiger charge is -2.48. The van der Waals surface area contributed by atoms with Gasteiger partial charge in [-0.3, -0.25) is 9.89 Å². The number of thioether (sulfide) groups is 1. The maximum atomic E-state index is 5.71. The monoisotopic (exact) mass is 439 g/mol. The molecule has 174 valence electrons. The second-order valence-corrected chi connectivity index (χ2v) is 10.7. The number of hydrogen-bond donors (Lipinski definition) is 2. The number of aliphatic imine (C=N–C) groups is 1. The van der Waals surface area contributed by atoms with Crippen LogP contribution in [-0.2, 0) is 4.74 Å². The van der Waals surface area contributed by atoms with Crippen LogP contribution >= 0.6 is 11.8 Å². The normalized spacial score (nSPS) is 24.9. The molecule has 3 rings (SSSR count). The van der Waals surface area contributed by atoms with Crippen molar-refractivity contribution < 1.29 is 4.74 Å². The van der Waals surface area contributed by atoms with Crippen LogP contribution in [0.3, 0.4) is 0 Å². The van der Waals surface area contributed by atoms with Crippen molar-refractivity contribution in [3.8, 4) is 0 Å². The second-order valence-electron chi connectivity index (χ2n) is 9.49. The molecule has 30 heavy (non-hydrogen) atoms. The summed E-state index contributed by atoms with van der Waals surface area (Å²) in [6.07, 6.45) is 9.49. The summed E-state index contributed by atoms with van der Waals surface area (Å²) in [5.41, 5.74) is 0.330. The zero-order valence-electron chi connectivity index (χ0n) is 19.6. The Labute approximate surface area is 189 Å². The molecule has 3 aliphatic rings. The van der Waals surface area contributed by atoms with Crippen molar-refractivity contribution in [2.24, 2.45) is 4.99 Å². The summed E-state index contributed by atoms with van der Waals surface area (Å²) in [6, 6.07) is 0.521. The van der Waals surface area contributed by atoms with Gasteiger partial charge in [-0.15, -0.1) is 0 Å². The molecule has 0 aromatic rings. The SMILES string of the molecule is CN=C(NCC1(N2CCSCC2)CCCCC1)NC1CCN(CCOC(C)C)CC1. The Morgan fingerprint density at radius 2 is 1.80 bits per heavy atom. The molecule has 0 bridgehead atoms. The number of nitrogens with zero attached hydrogens (tertiary/aromatic N) is 3. The fourth-order valence-corrected chi connectivity index (χ4v) is 6.11. The molecule has 0 aromatic heterocycles. The third-order valence-electron chi connectivity index (χ3n) is 7.06. The maximum absolute atomic E-state index is 5.71. The molecule has 0 amide bonds. The Kier molecular flexibility index (Phi) is 10.1. The van der Waals surface area contributed by atoms with Gasteiger partial charge in [0.15, 0.2) is 5.96 Å². The lowest BCUT2D eigenvalue weighted by atomic mass is 9.80. The van der Waals surface area contributed by atoms with Crippen molar-refractivity contribution in [3.63, 3.8) is 0 Å². The Morgan fingerprint density at radius 1 is 1.10 bits per heavy atom. The number of ether oxygens (including phenoxy) is 1. The van der Waals surface area contributed by atoms with E-state index < -0.39 is 0 Å². The molecule has 7 heteroatoms. The molecule has 2 heterocycles. The molecule has 2 N–H and O–H groups in total. The van der Waals surface area contributed by atoms with E-state index in [1.807, 2.05) is 7.05 Å². The van der Waals surface area contributed by atoms with E-state index in [1.54, 1.807) is 0 Å². The predicted octanol–water partition coefficient (Wildman–Crippen LogP) is 2.79. The molecule has 0 atom stereocenters. The lowest BCUT2D eigenvalue weighted by molar-refractivity contribution is 0.0531. The Hall–Kier alpha value is -0.500. The lowest BCUT2D eigenvalue weighted by Crippen LogP contribution is -2.60. The van der Waals surface area contributed by atoms with Gasteiger partial charge < -0.3 is 20.3 Å². The molecule has 0 radical (unpaired) electrons. The zero-order valence-corrected chi connectivity index (χ0v) is 20.4. The first-order valence-electron chi connectivity index (χ1n) is 12.3. The average molecular weight is 440 g/mol. The van der Waals surface area contributed by atoms with Gasteiger partial charge in [-0.2, -0.15) is 11.8 Å². The van der Waals surface area contributed by atoms with Crippen LogP contribution in [0.2, 0.25) is 0 Å². The van der Waals surface area contributed by atoms with Crippen molar-refractivity contribution in [1.82, 2.24) is 20.4 Å². The van der Waals surface area contributed by atoms with Crippen LogP contribution < -0.4 is 10.6 Å². The number of rotatable bonds is 8. The fourth-order valence-electron chi connectivity index (χ4n) is 5.21. The topological polar surface area (TPSA) is 52.1 Å². The van der Waals surface area contributed by atoms with Gasteiger partial charge in [-0.25, -0.2) is 0 Å². The highest BCUT2D eigenvalue weighted by Crippen LogP contribution is 2.34. The first-order valence-corrected chi connectivity index (χ1v) is 13.4. The van der Waals surface area contributed by atoms with Gasteiger partial charge in [0, 0.05) is 69.4 Å². The van der Waals surface area contributed by atoms with Gasteiger partial charge in [0.1, 0.15) is 0 Å². The minimum absolute atomic E-state index is 0.328. The summed E-state index contributed by atoms with van der Waals surface area (Å²) in [5, 5.41) is 7.46. The molecule has 1 aliphatic carbocycles. The van der Waals surface area contributed by atoms with Gasteiger partial charge in [0.05, 0.1) is 12.7 Å². The zero-order chi connectivity index (χ0) is 21.2.